The van der Waals surface area contributed by atoms with Gasteiger partial charge in [-0.25, -0.2) is 0 Å². The van der Waals surface area contributed by atoms with E-state index in [1.165, 1.54) is 4.68 Å². The second-order valence-corrected chi connectivity index (χ2v) is 3.65. The standard InChI is InChI=1S/C7H11BrN4O3/c8-6-9-7(12(14)15)10-11(6)4-2-1-3-5-13/h13H,1-5H2. The van der Waals surface area contributed by atoms with E-state index < -0.39 is 10.9 Å². The van der Waals surface area contributed by atoms with Crippen LogP contribution in [0.5, 0.6) is 0 Å². The highest BCUT2D eigenvalue weighted by Crippen LogP contribution is 2.12. The van der Waals surface area contributed by atoms with Crippen molar-refractivity contribution in [1.82, 2.24) is 14.8 Å². The third-order valence-corrected chi connectivity index (χ3v) is 2.39. The molecule has 15 heavy (non-hydrogen) atoms. The van der Waals surface area contributed by atoms with Gasteiger partial charge in [-0.1, -0.05) is 0 Å². The second-order valence-electron chi connectivity index (χ2n) is 2.95. The highest BCUT2D eigenvalue weighted by Gasteiger charge is 2.18. The number of hydrogen-bond donors (Lipinski definition) is 1. The van der Waals surface area contributed by atoms with Crippen molar-refractivity contribution in [1.29, 1.82) is 0 Å². The van der Waals surface area contributed by atoms with Crippen LogP contribution in [0.25, 0.3) is 0 Å². The fourth-order valence-electron chi connectivity index (χ4n) is 1.08. The van der Waals surface area contributed by atoms with E-state index in [-0.39, 0.29) is 6.61 Å². The van der Waals surface area contributed by atoms with Crippen LogP contribution < -0.4 is 0 Å². The van der Waals surface area contributed by atoms with Crippen LogP contribution in [-0.4, -0.2) is 31.4 Å². The highest BCUT2D eigenvalue weighted by atomic mass is 79.9. The van der Waals surface area contributed by atoms with Crippen LogP contribution in [0.15, 0.2) is 4.73 Å². The molecule has 0 atom stereocenters. The van der Waals surface area contributed by atoms with Gasteiger partial charge in [0, 0.05) is 27.6 Å². The Morgan fingerprint density at radius 2 is 2.20 bits per heavy atom. The molecule has 0 aliphatic heterocycles. The Morgan fingerprint density at radius 1 is 1.47 bits per heavy atom. The topological polar surface area (TPSA) is 94.1 Å². The molecular weight excluding hydrogens is 268 g/mol. The molecule has 1 heterocycles. The molecule has 8 heteroatoms. The van der Waals surface area contributed by atoms with E-state index in [1.807, 2.05) is 0 Å². The van der Waals surface area contributed by atoms with Crippen LogP contribution >= 0.6 is 15.9 Å². The van der Waals surface area contributed by atoms with Crippen molar-refractivity contribution >= 4 is 21.9 Å². The first-order valence-electron chi connectivity index (χ1n) is 4.50. The maximum Gasteiger partial charge on any atom is 0.492 e. The fourth-order valence-corrected chi connectivity index (χ4v) is 1.50. The molecule has 0 unspecified atom stereocenters. The Hall–Kier alpha value is -1.02. The molecule has 0 saturated heterocycles. The molecule has 1 aromatic rings. The minimum absolute atomic E-state index is 0.165. The number of aromatic nitrogens is 3. The molecule has 0 amide bonds. The molecule has 0 saturated carbocycles. The Kier molecular flexibility index (Phi) is 4.63. The van der Waals surface area contributed by atoms with Crippen molar-refractivity contribution in [2.24, 2.45) is 0 Å². The van der Waals surface area contributed by atoms with Gasteiger partial charge in [0.1, 0.15) is 0 Å². The number of rotatable bonds is 6. The van der Waals surface area contributed by atoms with Crippen LogP contribution in [0.4, 0.5) is 5.95 Å². The van der Waals surface area contributed by atoms with Crippen LogP contribution in [0.3, 0.4) is 0 Å². The molecule has 84 valence electrons. The molecule has 0 spiro atoms. The van der Waals surface area contributed by atoms with Gasteiger partial charge < -0.3 is 15.2 Å². The lowest BCUT2D eigenvalue weighted by molar-refractivity contribution is -0.394. The number of nitro groups is 1. The average Bonchev–Trinajstić information content (AvgIpc) is 2.55. The van der Waals surface area contributed by atoms with E-state index in [9.17, 15) is 10.1 Å². The molecule has 0 radical (unpaired) electrons. The molecule has 0 aliphatic rings. The van der Waals surface area contributed by atoms with Crippen LogP contribution in [-0.2, 0) is 6.54 Å². The zero-order valence-corrected chi connectivity index (χ0v) is 9.55. The SMILES string of the molecule is O=[N+]([O-])c1nc(Br)n(CCCCCO)n1. The van der Waals surface area contributed by atoms with Gasteiger partial charge in [-0.15, -0.1) is 0 Å². The van der Waals surface area contributed by atoms with Crippen molar-refractivity contribution in [2.75, 3.05) is 6.61 Å². The predicted molar refractivity (Wildman–Crippen MR) is 55.3 cm³/mol. The molecule has 1 rings (SSSR count). The highest BCUT2D eigenvalue weighted by molar-refractivity contribution is 9.10. The number of unbranched alkanes of at least 4 members (excludes halogenated alkanes) is 2. The maximum atomic E-state index is 10.4. The number of halogens is 1. The van der Waals surface area contributed by atoms with Crippen LogP contribution in [0.1, 0.15) is 19.3 Å². The van der Waals surface area contributed by atoms with E-state index in [1.54, 1.807) is 0 Å². The summed E-state index contributed by atoms with van der Waals surface area (Å²) in [5.74, 6) is -0.399. The van der Waals surface area contributed by atoms with Crippen LogP contribution in [0.2, 0.25) is 0 Å². The average molecular weight is 279 g/mol. The van der Waals surface area contributed by atoms with E-state index in [0.29, 0.717) is 11.3 Å². The first-order valence-corrected chi connectivity index (χ1v) is 5.30. The Labute approximate surface area is 94.4 Å². The lowest BCUT2D eigenvalue weighted by Crippen LogP contribution is -2.01. The number of hydrogen-bond acceptors (Lipinski definition) is 5. The summed E-state index contributed by atoms with van der Waals surface area (Å²) in [5.41, 5.74) is 0. The Bertz CT molecular complexity index is 341. The predicted octanol–water partition coefficient (Wildman–Crippen LogP) is 1.11. The van der Waals surface area contributed by atoms with Crippen molar-refractivity contribution in [3.63, 3.8) is 0 Å². The minimum Gasteiger partial charge on any atom is -0.396 e. The molecule has 0 aliphatic carbocycles. The van der Waals surface area contributed by atoms with E-state index >= 15 is 0 Å². The molecule has 1 N–H and O–H groups in total. The number of nitrogens with zero attached hydrogens (tertiary/aromatic N) is 4. The maximum absolute atomic E-state index is 10.4. The third kappa shape index (κ3) is 3.56. The fraction of sp³-hybridized carbons (Fsp3) is 0.714. The molecule has 0 fully saturated rings. The monoisotopic (exact) mass is 278 g/mol. The summed E-state index contributed by atoms with van der Waals surface area (Å²) in [6, 6.07) is 0. The zero-order chi connectivity index (χ0) is 11.3. The summed E-state index contributed by atoms with van der Waals surface area (Å²) in [4.78, 5) is 13.4. The first kappa shape index (κ1) is 12.1. The summed E-state index contributed by atoms with van der Waals surface area (Å²) in [5, 5.41) is 22.6. The minimum atomic E-state index is -0.630. The molecular formula is C7H11BrN4O3. The van der Waals surface area contributed by atoms with Crippen LogP contribution in [0, 0.1) is 10.1 Å². The van der Waals surface area contributed by atoms with E-state index in [0.717, 1.165) is 19.3 Å². The lowest BCUT2D eigenvalue weighted by atomic mass is 10.2. The van der Waals surface area contributed by atoms with Crippen molar-refractivity contribution in [2.45, 2.75) is 25.8 Å². The second kappa shape index (κ2) is 5.76. The van der Waals surface area contributed by atoms with Gasteiger partial charge in [-0.2, -0.15) is 4.68 Å². The molecule has 0 bridgehead atoms. The van der Waals surface area contributed by atoms with Gasteiger partial charge in [-0.3, -0.25) is 0 Å². The molecule has 7 nitrogen and oxygen atoms in total. The largest absolute Gasteiger partial charge is 0.492 e. The third-order valence-electron chi connectivity index (χ3n) is 1.81. The Balaban J connectivity index is 2.50. The van der Waals surface area contributed by atoms with Gasteiger partial charge in [-0.05, 0) is 29.2 Å². The summed E-state index contributed by atoms with van der Waals surface area (Å²) in [7, 11) is 0. The number of aryl methyl sites for hydroxylation is 1. The van der Waals surface area contributed by atoms with Gasteiger partial charge in [0.25, 0.3) is 4.73 Å². The van der Waals surface area contributed by atoms with Crippen molar-refractivity contribution in [3.8, 4) is 0 Å². The summed E-state index contributed by atoms with van der Waals surface area (Å²) >= 11 is 3.09. The molecule has 1 aromatic heterocycles. The smallest absolute Gasteiger partial charge is 0.396 e. The summed E-state index contributed by atoms with van der Waals surface area (Å²) < 4.78 is 1.80. The van der Waals surface area contributed by atoms with Crippen molar-refractivity contribution in [3.05, 3.63) is 14.8 Å². The van der Waals surface area contributed by atoms with Crippen molar-refractivity contribution < 1.29 is 10.0 Å². The van der Waals surface area contributed by atoms with Gasteiger partial charge >= 0.3 is 5.95 Å². The van der Waals surface area contributed by atoms with Gasteiger partial charge in [0.2, 0.25) is 0 Å². The quantitative estimate of drug-likeness (QED) is 0.478. The number of aliphatic hydroxyl groups excluding tert-OH is 1. The summed E-state index contributed by atoms with van der Waals surface area (Å²) in [6.07, 6.45) is 2.39. The summed E-state index contributed by atoms with van der Waals surface area (Å²) in [6.45, 7) is 0.722. The van der Waals surface area contributed by atoms with E-state index in [2.05, 4.69) is 26.0 Å². The Morgan fingerprint density at radius 3 is 2.73 bits per heavy atom. The first-order chi connectivity index (χ1) is 7.15. The molecule has 0 aromatic carbocycles. The number of aliphatic hydroxyl groups is 1. The van der Waals surface area contributed by atoms with Gasteiger partial charge in [0.05, 0.1) is 6.54 Å². The zero-order valence-electron chi connectivity index (χ0n) is 7.97. The lowest BCUT2D eigenvalue weighted by Gasteiger charge is -1.96. The van der Waals surface area contributed by atoms with E-state index in [4.69, 9.17) is 5.11 Å². The van der Waals surface area contributed by atoms with Gasteiger partial charge in [0.15, 0.2) is 0 Å². The normalized spacial score (nSPS) is 10.5.